The Bertz CT molecular complexity index is 2410. The minimum Gasteiger partial charge on any atom is -0.457 e. The minimum absolute atomic E-state index is 0.603. The van der Waals surface area contributed by atoms with Crippen LogP contribution in [-0.2, 0) is 5.41 Å². The molecular weight excluding hydrogens is 619 g/mol. The summed E-state index contributed by atoms with van der Waals surface area (Å²) in [5.74, 6) is 1.76. The van der Waals surface area contributed by atoms with Crippen molar-refractivity contribution >= 4 is 17.1 Å². The maximum atomic E-state index is 7.02. The summed E-state index contributed by atoms with van der Waals surface area (Å²) in [6, 6.07) is 72.0. The van der Waals surface area contributed by atoms with E-state index in [9.17, 15) is 0 Å². The molecule has 0 N–H and O–H groups in total. The number of nitrogens with zero attached hydrogens (tertiary/aromatic N) is 1. The molecular formula is C49H33NO. The molecule has 0 unspecified atom stereocenters. The zero-order chi connectivity index (χ0) is 33.8. The number of fused-ring (bicyclic) bond motifs is 9. The van der Waals surface area contributed by atoms with Crippen LogP contribution >= 0.6 is 0 Å². The molecule has 2 aliphatic rings. The summed E-state index contributed by atoms with van der Waals surface area (Å²) in [7, 11) is 0. The third-order valence-electron chi connectivity index (χ3n) is 10.5. The highest BCUT2D eigenvalue weighted by Gasteiger charge is 2.51. The zero-order valence-electron chi connectivity index (χ0n) is 27.9. The molecule has 8 aromatic rings. The number of rotatable bonds is 5. The van der Waals surface area contributed by atoms with Gasteiger partial charge in [-0.1, -0.05) is 152 Å². The van der Waals surface area contributed by atoms with Gasteiger partial charge >= 0.3 is 0 Å². The fraction of sp³-hybridized carbons (Fsp3) is 0.0204. The molecule has 1 heterocycles. The average molecular weight is 652 g/mol. The van der Waals surface area contributed by atoms with Crippen molar-refractivity contribution in [2.75, 3.05) is 4.90 Å². The van der Waals surface area contributed by atoms with Gasteiger partial charge in [-0.05, 0) is 93.0 Å². The van der Waals surface area contributed by atoms with E-state index < -0.39 is 5.41 Å². The maximum Gasteiger partial charge on any atom is 0.132 e. The van der Waals surface area contributed by atoms with Crippen LogP contribution in [0.4, 0.5) is 17.1 Å². The van der Waals surface area contributed by atoms with E-state index in [0.717, 1.165) is 61.9 Å². The number of ether oxygens (including phenoxy) is 1. The molecule has 10 rings (SSSR count). The minimum atomic E-state index is -0.603. The van der Waals surface area contributed by atoms with Gasteiger partial charge in [0, 0.05) is 28.2 Å². The summed E-state index contributed by atoms with van der Waals surface area (Å²) < 4.78 is 7.02. The van der Waals surface area contributed by atoms with Crippen LogP contribution in [0.2, 0.25) is 0 Å². The predicted octanol–water partition coefficient (Wildman–Crippen LogP) is 13.0. The second-order valence-corrected chi connectivity index (χ2v) is 13.3. The van der Waals surface area contributed by atoms with Gasteiger partial charge in [-0.2, -0.15) is 0 Å². The van der Waals surface area contributed by atoms with Crippen LogP contribution in [0.3, 0.4) is 0 Å². The van der Waals surface area contributed by atoms with Gasteiger partial charge < -0.3 is 9.64 Å². The zero-order valence-corrected chi connectivity index (χ0v) is 27.9. The lowest BCUT2D eigenvalue weighted by molar-refractivity contribution is 0.437. The molecule has 0 fully saturated rings. The molecule has 0 radical (unpaired) electrons. The lowest BCUT2D eigenvalue weighted by atomic mass is 9.65. The molecule has 0 saturated carbocycles. The monoisotopic (exact) mass is 651 g/mol. The van der Waals surface area contributed by atoms with Crippen molar-refractivity contribution in [2.24, 2.45) is 0 Å². The molecule has 1 spiro atoms. The van der Waals surface area contributed by atoms with Crippen LogP contribution in [0.5, 0.6) is 11.5 Å². The molecule has 0 saturated heterocycles. The summed E-state index contributed by atoms with van der Waals surface area (Å²) in [5.41, 5.74) is 14.6. The van der Waals surface area contributed by atoms with Crippen molar-refractivity contribution in [3.05, 3.63) is 222 Å². The topological polar surface area (TPSA) is 12.5 Å². The smallest absolute Gasteiger partial charge is 0.132 e. The molecule has 51 heavy (non-hydrogen) atoms. The number of benzene rings is 8. The fourth-order valence-corrected chi connectivity index (χ4v) is 8.31. The first-order chi connectivity index (χ1) is 25.3. The number of para-hydroxylation sites is 2. The summed E-state index contributed by atoms with van der Waals surface area (Å²) in [6.07, 6.45) is 0. The molecule has 1 aliphatic heterocycles. The van der Waals surface area contributed by atoms with Gasteiger partial charge in [-0.3, -0.25) is 0 Å². The molecule has 0 bridgehead atoms. The van der Waals surface area contributed by atoms with E-state index in [2.05, 4.69) is 205 Å². The van der Waals surface area contributed by atoms with E-state index in [4.69, 9.17) is 4.74 Å². The maximum absolute atomic E-state index is 7.02. The standard InChI is InChI=1S/C49H33NO/c1-5-15-34(16-6-1)36-25-29-44-47(31-36)51-48-32-37(35-17-7-2-8-18-35)26-30-45(48)49(44)43-24-14-13-23-41(43)42-28-27-40(33-46(42)49)50(38-19-9-3-10-20-38)39-21-11-4-12-22-39/h1-33H. The van der Waals surface area contributed by atoms with E-state index in [1.54, 1.807) is 0 Å². The SMILES string of the molecule is c1ccc(-c2ccc3c(c2)Oc2cc(-c4ccccc4)ccc2C32c3ccccc3-c3ccc(N(c4ccccc4)c4ccccc4)cc32)cc1. The summed E-state index contributed by atoms with van der Waals surface area (Å²) in [6.45, 7) is 0. The third kappa shape index (κ3) is 4.57. The van der Waals surface area contributed by atoms with Crippen LogP contribution in [0, 0.1) is 0 Å². The normalized spacial score (nSPS) is 13.0. The van der Waals surface area contributed by atoms with Crippen LogP contribution in [-0.4, -0.2) is 0 Å². The van der Waals surface area contributed by atoms with Gasteiger partial charge in [-0.25, -0.2) is 0 Å². The van der Waals surface area contributed by atoms with Crippen LogP contribution in [0.1, 0.15) is 22.3 Å². The van der Waals surface area contributed by atoms with Crippen molar-refractivity contribution in [1.29, 1.82) is 0 Å². The van der Waals surface area contributed by atoms with Crippen molar-refractivity contribution in [2.45, 2.75) is 5.41 Å². The highest BCUT2D eigenvalue weighted by molar-refractivity contribution is 5.92. The molecule has 1 aliphatic carbocycles. The summed E-state index contributed by atoms with van der Waals surface area (Å²) in [4.78, 5) is 2.36. The number of hydrogen-bond donors (Lipinski definition) is 0. The van der Waals surface area contributed by atoms with Gasteiger partial charge in [0.05, 0.1) is 5.41 Å². The first kappa shape index (κ1) is 29.3. The highest BCUT2D eigenvalue weighted by Crippen LogP contribution is 2.63. The van der Waals surface area contributed by atoms with E-state index in [1.807, 2.05) is 0 Å². The molecule has 2 heteroatoms. The Morgan fingerprint density at radius 1 is 0.314 bits per heavy atom. The number of anilines is 3. The van der Waals surface area contributed by atoms with E-state index in [0.29, 0.717) is 0 Å². The lowest BCUT2D eigenvalue weighted by Gasteiger charge is -2.40. The van der Waals surface area contributed by atoms with Crippen LogP contribution in [0.15, 0.2) is 200 Å². The lowest BCUT2D eigenvalue weighted by Crippen LogP contribution is -2.32. The van der Waals surface area contributed by atoms with E-state index in [-0.39, 0.29) is 0 Å². The van der Waals surface area contributed by atoms with Gasteiger partial charge in [0.2, 0.25) is 0 Å². The second-order valence-electron chi connectivity index (χ2n) is 13.3. The van der Waals surface area contributed by atoms with Gasteiger partial charge in [-0.15, -0.1) is 0 Å². The van der Waals surface area contributed by atoms with Crippen molar-refractivity contribution < 1.29 is 4.74 Å². The van der Waals surface area contributed by atoms with Crippen LogP contribution < -0.4 is 9.64 Å². The Morgan fingerprint density at radius 3 is 1.33 bits per heavy atom. The Balaban J connectivity index is 1.27. The molecule has 8 aromatic carbocycles. The Kier molecular flexibility index (Phi) is 6.75. The Hall–Kier alpha value is -6.64. The van der Waals surface area contributed by atoms with Gasteiger partial charge in [0.15, 0.2) is 0 Å². The molecule has 0 amide bonds. The van der Waals surface area contributed by atoms with Gasteiger partial charge in [0.25, 0.3) is 0 Å². The molecule has 0 aromatic heterocycles. The highest BCUT2D eigenvalue weighted by atomic mass is 16.5. The van der Waals surface area contributed by atoms with Gasteiger partial charge in [0.1, 0.15) is 11.5 Å². The molecule has 240 valence electrons. The number of hydrogen-bond acceptors (Lipinski definition) is 2. The summed E-state index contributed by atoms with van der Waals surface area (Å²) in [5, 5.41) is 0. The average Bonchev–Trinajstić information content (AvgIpc) is 3.49. The van der Waals surface area contributed by atoms with E-state index in [1.165, 1.54) is 22.3 Å². The largest absolute Gasteiger partial charge is 0.457 e. The van der Waals surface area contributed by atoms with Crippen LogP contribution in [0.25, 0.3) is 33.4 Å². The molecule has 2 nitrogen and oxygen atoms in total. The fourth-order valence-electron chi connectivity index (χ4n) is 8.31. The molecule has 0 atom stereocenters. The second kappa shape index (κ2) is 11.8. The first-order valence-electron chi connectivity index (χ1n) is 17.5. The van der Waals surface area contributed by atoms with Crippen molar-refractivity contribution in [1.82, 2.24) is 0 Å². The van der Waals surface area contributed by atoms with Crippen molar-refractivity contribution in [3.8, 4) is 44.9 Å². The Labute approximate surface area is 298 Å². The first-order valence-corrected chi connectivity index (χ1v) is 17.5. The van der Waals surface area contributed by atoms with E-state index >= 15 is 0 Å². The predicted molar refractivity (Wildman–Crippen MR) is 209 cm³/mol. The third-order valence-corrected chi connectivity index (χ3v) is 10.5. The van der Waals surface area contributed by atoms with Crippen molar-refractivity contribution in [3.63, 3.8) is 0 Å². The summed E-state index contributed by atoms with van der Waals surface area (Å²) >= 11 is 0. The quantitative estimate of drug-likeness (QED) is 0.184. The Morgan fingerprint density at radius 2 is 0.784 bits per heavy atom.